The van der Waals surface area contributed by atoms with Crippen LogP contribution in [0.1, 0.15) is 5.69 Å². The van der Waals surface area contributed by atoms with E-state index in [2.05, 4.69) is 10.1 Å². The number of benzene rings is 1. The number of hydrogen-bond donors (Lipinski definition) is 1. The van der Waals surface area contributed by atoms with Gasteiger partial charge in [0, 0.05) is 18.0 Å². The number of carboxylic acid groups (broad SMARTS) is 1. The monoisotopic (exact) mass is 352 g/mol. The minimum absolute atomic E-state index is 0.0376. The Hall–Kier alpha value is -2.97. The highest BCUT2D eigenvalue weighted by Crippen LogP contribution is 2.41. The number of carbonyl (C=O) groups excluding carboxylic acids is 1. The summed E-state index contributed by atoms with van der Waals surface area (Å²) in [6.45, 7) is 0. The molecule has 5 nitrogen and oxygen atoms in total. The predicted octanol–water partition coefficient (Wildman–Crippen LogP) is 1.40. The van der Waals surface area contributed by atoms with Gasteiger partial charge < -0.3 is 9.90 Å². The van der Waals surface area contributed by atoms with Crippen LogP contribution in [0.25, 0.3) is 11.1 Å². The number of halogens is 4. The second kappa shape index (κ2) is 5.83. The first-order chi connectivity index (χ1) is 11.8. The highest BCUT2D eigenvalue weighted by atomic mass is 19.4. The molecule has 1 aromatic heterocycles. The van der Waals surface area contributed by atoms with Gasteiger partial charge in [0.1, 0.15) is 11.2 Å². The van der Waals surface area contributed by atoms with E-state index in [-0.39, 0.29) is 11.1 Å². The second-order valence-electron chi connectivity index (χ2n) is 5.43. The third-order valence-corrected chi connectivity index (χ3v) is 3.93. The molecule has 0 aliphatic carbocycles. The molecule has 0 radical (unpaired) electrons. The number of hydrogen-bond acceptors (Lipinski definition) is 5. The van der Waals surface area contributed by atoms with E-state index in [4.69, 9.17) is 0 Å². The fourth-order valence-electron chi connectivity index (χ4n) is 2.81. The average molecular weight is 352 g/mol. The predicted molar refractivity (Wildman–Crippen MR) is 77.8 cm³/mol. The summed E-state index contributed by atoms with van der Waals surface area (Å²) < 4.78 is 53.6. The van der Waals surface area contributed by atoms with Gasteiger partial charge >= 0.3 is 6.18 Å². The number of alkyl halides is 3. The van der Waals surface area contributed by atoms with Crippen LogP contribution in [0.3, 0.4) is 0 Å². The van der Waals surface area contributed by atoms with Gasteiger partial charge in [-0.3, -0.25) is 10.4 Å². The molecule has 2 atom stereocenters. The number of aromatic nitrogens is 1. The number of rotatable bonds is 3. The molecule has 1 aliphatic rings. The van der Waals surface area contributed by atoms with Gasteiger partial charge in [0.05, 0.1) is 11.7 Å². The van der Waals surface area contributed by atoms with E-state index in [9.17, 15) is 27.5 Å². The number of hydrazone groups is 1. The Bertz CT molecular complexity index is 853. The van der Waals surface area contributed by atoms with Crippen molar-refractivity contribution in [1.82, 2.24) is 10.4 Å². The van der Waals surface area contributed by atoms with E-state index >= 15 is 0 Å². The van der Waals surface area contributed by atoms with Crippen LogP contribution in [-0.4, -0.2) is 29.4 Å². The number of carboxylic acids is 1. The molecule has 9 heteroatoms. The molecule has 1 aromatic carbocycles. The summed E-state index contributed by atoms with van der Waals surface area (Å²) in [5.41, 5.74) is -1.12. The first-order valence-electron chi connectivity index (χ1n) is 7.06. The van der Waals surface area contributed by atoms with Crippen LogP contribution in [0.4, 0.5) is 17.6 Å². The number of aliphatic carboxylic acids is 1. The van der Waals surface area contributed by atoms with E-state index in [1.54, 1.807) is 5.43 Å². The van der Waals surface area contributed by atoms with Gasteiger partial charge in [-0.1, -0.05) is 18.2 Å². The molecule has 2 unspecified atom stereocenters. The summed E-state index contributed by atoms with van der Waals surface area (Å²) in [7, 11) is 0. The zero-order chi connectivity index (χ0) is 18.2. The van der Waals surface area contributed by atoms with Gasteiger partial charge in [0.2, 0.25) is 0 Å². The fraction of sp³-hybridized carbons (Fsp3) is 0.188. The van der Waals surface area contributed by atoms with Gasteiger partial charge in [-0.05, 0) is 23.8 Å². The van der Waals surface area contributed by atoms with Crippen molar-refractivity contribution < 1.29 is 27.5 Å². The smallest absolute Gasteiger partial charge is 0.411 e. The lowest BCUT2D eigenvalue weighted by Crippen LogP contribution is -2.61. The normalized spacial score (nSPS) is 22.6. The lowest BCUT2D eigenvalue weighted by atomic mass is 9.75. The van der Waals surface area contributed by atoms with Crippen molar-refractivity contribution >= 4 is 12.2 Å². The maximum absolute atomic E-state index is 13.5. The first-order valence-corrected chi connectivity index (χ1v) is 7.06. The SMILES string of the molecule is O=C([O-])C1(c2ncccc2-c2cccc(F)c2)C=NNC1C(F)(F)F. The van der Waals surface area contributed by atoms with E-state index in [1.165, 1.54) is 24.3 Å². The zero-order valence-electron chi connectivity index (χ0n) is 12.4. The molecule has 2 heterocycles. The molecule has 3 rings (SSSR count). The van der Waals surface area contributed by atoms with Crippen LogP contribution < -0.4 is 10.5 Å². The second-order valence-corrected chi connectivity index (χ2v) is 5.43. The molecule has 25 heavy (non-hydrogen) atoms. The lowest BCUT2D eigenvalue weighted by Gasteiger charge is -2.35. The topological polar surface area (TPSA) is 77.4 Å². The first kappa shape index (κ1) is 16.9. The molecule has 0 saturated heterocycles. The number of carbonyl (C=O) groups is 1. The van der Waals surface area contributed by atoms with Crippen molar-refractivity contribution in [2.75, 3.05) is 0 Å². The van der Waals surface area contributed by atoms with Crippen LogP contribution in [0.2, 0.25) is 0 Å². The molecule has 0 saturated carbocycles. The van der Waals surface area contributed by atoms with Crippen molar-refractivity contribution in [2.24, 2.45) is 5.10 Å². The number of pyridine rings is 1. The molecule has 1 aliphatic heterocycles. The standard InChI is InChI=1S/C16H11F4N3O2/c17-10-4-1-3-9(7-10)11-5-2-6-21-12(11)15(14(24)25)8-22-23-13(15)16(18,19)20/h1-8,13,23H,(H,24,25)/p-1. The summed E-state index contributed by atoms with van der Waals surface area (Å²) in [5.74, 6) is -2.64. The Kier molecular flexibility index (Phi) is 3.94. The fourth-order valence-corrected chi connectivity index (χ4v) is 2.81. The van der Waals surface area contributed by atoms with Crippen molar-refractivity contribution in [3.8, 4) is 11.1 Å². The largest absolute Gasteiger partial charge is 0.549 e. The number of nitrogens with zero attached hydrogens (tertiary/aromatic N) is 2. The van der Waals surface area contributed by atoms with Crippen LogP contribution in [0.5, 0.6) is 0 Å². The summed E-state index contributed by atoms with van der Waals surface area (Å²) in [6.07, 6.45) is -3.17. The molecule has 130 valence electrons. The quantitative estimate of drug-likeness (QED) is 0.847. The van der Waals surface area contributed by atoms with E-state index in [0.717, 1.165) is 18.3 Å². The van der Waals surface area contributed by atoms with Crippen LogP contribution >= 0.6 is 0 Å². The summed E-state index contributed by atoms with van der Waals surface area (Å²) in [6, 6.07) is 5.24. The van der Waals surface area contributed by atoms with Crippen LogP contribution in [0, 0.1) is 5.82 Å². The molecule has 0 spiro atoms. The van der Waals surface area contributed by atoms with E-state index in [1.807, 2.05) is 0 Å². The summed E-state index contributed by atoms with van der Waals surface area (Å²) in [5, 5.41) is 15.1. The van der Waals surface area contributed by atoms with Crippen molar-refractivity contribution in [1.29, 1.82) is 0 Å². The third kappa shape index (κ3) is 2.71. The molecule has 0 amide bonds. The Morgan fingerprint density at radius 2 is 2.00 bits per heavy atom. The van der Waals surface area contributed by atoms with E-state index < -0.39 is 35.1 Å². The van der Waals surface area contributed by atoms with Gasteiger partial charge in [-0.15, -0.1) is 0 Å². The van der Waals surface area contributed by atoms with Crippen molar-refractivity contribution in [3.63, 3.8) is 0 Å². The summed E-state index contributed by atoms with van der Waals surface area (Å²) in [4.78, 5) is 15.6. The molecule has 0 bridgehead atoms. The molecular weight excluding hydrogens is 342 g/mol. The molecular formula is C16H10F4N3O2-. The van der Waals surface area contributed by atoms with E-state index in [0.29, 0.717) is 6.21 Å². The van der Waals surface area contributed by atoms with Gasteiger partial charge in [-0.25, -0.2) is 4.39 Å². The van der Waals surface area contributed by atoms with Gasteiger partial charge in [0.15, 0.2) is 6.04 Å². The van der Waals surface area contributed by atoms with Crippen molar-refractivity contribution in [3.05, 3.63) is 54.1 Å². The lowest BCUT2D eigenvalue weighted by molar-refractivity contribution is -0.315. The minimum Gasteiger partial charge on any atom is -0.549 e. The molecule has 1 N–H and O–H groups in total. The Morgan fingerprint density at radius 3 is 2.64 bits per heavy atom. The van der Waals surface area contributed by atoms with Gasteiger partial charge in [-0.2, -0.15) is 18.3 Å². The highest BCUT2D eigenvalue weighted by molar-refractivity contribution is 6.03. The van der Waals surface area contributed by atoms with Crippen molar-refractivity contribution in [2.45, 2.75) is 17.6 Å². The highest BCUT2D eigenvalue weighted by Gasteiger charge is 2.59. The zero-order valence-corrected chi connectivity index (χ0v) is 12.4. The van der Waals surface area contributed by atoms with Crippen LogP contribution in [0.15, 0.2) is 47.7 Å². The maximum atomic E-state index is 13.5. The average Bonchev–Trinajstić information content (AvgIpc) is 3.01. The number of nitrogens with one attached hydrogen (secondary N) is 1. The van der Waals surface area contributed by atoms with Gasteiger partial charge in [0.25, 0.3) is 0 Å². The Morgan fingerprint density at radius 1 is 1.24 bits per heavy atom. The molecule has 0 fully saturated rings. The van der Waals surface area contributed by atoms with Crippen LogP contribution in [-0.2, 0) is 10.2 Å². The summed E-state index contributed by atoms with van der Waals surface area (Å²) >= 11 is 0. The minimum atomic E-state index is -4.94. The Balaban J connectivity index is 2.27. The Labute approximate surface area is 139 Å². The maximum Gasteiger partial charge on any atom is 0.411 e. The third-order valence-electron chi connectivity index (χ3n) is 3.93. The molecule has 2 aromatic rings.